The number of ether oxygens (including phenoxy) is 1. The summed E-state index contributed by atoms with van der Waals surface area (Å²) in [6.45, 7) is 1.21. The average Bonchev–Trinajstić information content (AvgIpc) is 2.36. The Morgan fingerprint density at radius 3 is 2.65 bits per heavy atom. The van der Waals surface area contributed by atoms with Crippen LogP contribution in [0.5, 0.6) is 0 Å². The topological polar surface area (TPSA) is 79.2 Å². The number of carbonyl (C=O) groups excluding carboxylic acids is 2. The van der Waals surface area contributed by atoms with Crippen LogP contribution in [0.3, 0.4) is 0 Å². The van der Waals surface area contributed by atoms with Gasteiger partial charge in [-0.25, -0.2) is 0 Å². The van der Waals surface area contributed by atoms with Gasteiger partial charge in [-0.3, -0.25) is 9.59 Å². The highest BCUT2D eigenvalue weighted by Gasteiger charge is 2.10. The highest BCUT2D eigenvalue weighted by molar-refractivity contribution is 5.95. The van der Waals surface area contributed by atoms with Gasteiger partial charge in [0.05, 0.1) is 0 Å². The normalized spacial score (nSPS) is 11.1. The summed E-state index contributed by atoms with van der Waals surface area (Å²) in [5.74, 6) is -0.990. The van der Waals surface area contributed by atoms with E-state index in [9.17, 15) is 9.59 Å². The Hall–Kier alpha value is -2.35. The van der Waals surface area contributed by atoms with Gasteiger partial charge in [0.2, 0.25) is 0 Å². The third-order valence-electron chi connectivity index (χ3n) is 1.92. The number of carbonyl (C=O) groups is 2. The molecule has 1 aromatic carbocycles. The zero-order valence-electron chi connectivity index (χ0n) is 9.34. The minimum absolute atomic E-state index is 0.250. The molecule has 1 atom stereocenters. The minimum atomic E-state index is -0.809. The molecule has 1 aromatic rings. The number of hydrogen-bond acceptors (Lipinski definition) is 4. The van der Waals surface area contributed by atoms with Crippen molar-refractivity contribution >= 4 is 11.9 Å². The van der Waals surface area contributed by atoms with Crippen molar-refractivity contribution < 1.29 is 14.3 Å². The molecule has 0 spiro atoms. The smallest absolute Gasteiger partial charge is 0.326 e. The monoisotopic (exact) mass is 232 g/mol. The van der Waals surface area contributed by atoms with Gasteiger partial charge in [-0.15, -0.1) is 0 Å². The lowest BCUT2D eigenvalue weighted by molar-refractivity contribution is -0.144. The summed E-state index contributed by atoms with van der Waals surface area (Å²) in [5.41, 5.74) is 0.466. The first kappa shape index (κ1) is 12.7. The first-order chi connectivity index (χ1) is 8.13. The van der Waals surface area contributed by atoms with Crippen LogP contribution in [0, 0.1) is 11.3 Å². The number of rotatable bonds is 4. The third kappa shape index (κ3) is 4.34. The maximum absolute atomic E-state index is 11.5. The first-order valence-electron chi connectivity index (χ1n) is 5.06. The van der Waals surface area contributed by atoms with Crippen LogP contribution < -0.4 is 5.32 Å². The van der Waals surface area contributed by atoms with E-state index in [0.717, 1.165) is 0 Å². The quantitative estimate of drug-likeness (QED) is 0.781. The number of hydrogen-bond donors (Lipinski definition) is 1. The van der Waals surface area contributed by atoms with Crippen molar-refractivity contribution in [2.45, 2.75) is 13.0 Å². The molecule has 0 aliphatic rings. The van der Waals surface area contributed by atoms with Crippen LogP contribution in [0.4, 0.5) is 0 Å². The molecule has 0 saturated carbocycles. The molecule has 1 rings (SSSR count). The fourth-order valence-corrected chi connectivity index (χ4v) is 1.11. The molecular weight excluding hydrogens is 220 g/mol. The number of nitrogens with one attached hydrogen (secondary N) is 1. The summed E-state index contributed by atoms with van der Waals surface area (Å²) >= 11 is 0. The molecule has 5 nitrogen and oxygen atoms in total. The molecule has 88 valence electrons. The lowest BCUT2D eigenvalue weighted by Crippen LogP contribution is -2.31. The van der Waals surface area contributed by atoms with E-state index in [4.69, 9.17) is 5.26 Å². The van der Waals surface area contributed by atoms with Crippen molar-refractivity contribution in [3.05, 3.63) is 35.9 Å². The standard InChI is InChI=1S/C12H12N2O3/c1-9(7-13)17-11(15)8-14-12(16)10-5-3-2-4-6-10/h2-6,9H,8H2,1H3,(H,14,16)/t9-/m1/s1. The zero-order valence-corrected chi connectivity index (χ0v) is 9.34. The Bertz CT molecular complexity index is 437. The van der Waals surface area contributed by atoms with Gasteiger partial charge in [0, 0.05) is 5.56 Å². The Morgan fingerprint density at radius 2 is 2.06 bits per heavy atom. The van der Waals surface area contributed by atoms with Gasteiger partial charge in [0.15, 0.2) is 6.10 Å². The lowest BCUT2D eigenvalue weighted by Gasteiger charge is -2.07. The van der Waals surface area contributed by atoms with Gasteiger partial charge < -0.3 is 10.1 Å². The fraction of sp³-hybridized carbons (Fsp3) is 0.250. The van der Waals surface area contributed by atoms with Gasteiger partial charge in [0.25, 0.3) is 5.91 Å². The van der Waals surface area contributed by atoms with Gasteiger partial charge in [-0.2, -0.15) is 5.26 Å². The predicted molar refractivity (Wildman–Crippen MR) is 59.9 cm³/mol. The van der Waals surface area contributed by atoms with Crippen LogP contribution >= 0.6 is 0 Å². The van der Waals surface area contributed by atoms with E-state index in [2.05, 4.69) is 10.1 Å². The maximum atomic E-state index is 11.5. The molecule has 1 amide bonds. The van der Waals surface area contributed by atoms with Crippen LogP contribution in [-0.4, -0.2) is 24.5 Å². The molecule has 0 bridgehead atoms. The predicted octanol–water partition coefficient (Wildman–Crippen LogP) is 0.872. The molecule has 0 aliphatic heterocycles. The zero-order chi connectivity index (χ0) is 12.7. The number of benzene rings is 1. The SMILES string of the molecule is C[C@H](C#N)OC(=O)CNC(=O)c1ccccc1. The molecule has 0 radical (unpaired) electrons. The summed E-state index contributed by atoms with van der Waals surface area (Å²) < 4.78 is 4.67. The fourth-order valence-electron chi connectivity index (χ4n) is 1.11. The minimum Gasteiger partial charge on any atom is -0.446 e. The summed E-state index contributed by atoms with van der Waals surface area (Å²) in [6.07, 6.45) is -0.809. The number of nitrogens with zero attached hydrogens (tertiary/aromatic N) is 1. The van der Waals surface area contributed by atoms with Crippen LogP contribution in [0.15, 0.2) is 30.3 Å². The van der Waals surface area contributed by atoms with E-state index in [1.54, 1.807) is 36.4 Å². The van der Waals surface area contributed by atoms with Crippen LogP contribution in [-0.2, 0) is 9.53 Å². The lowest BCUT2D eigenvalue weighted by atomic mass is 10.2. The van der Waals surface area contributed by atoms with E-state index in [0.29, 0.717) is 5.56 Å². The van der Waals surface area contributed by atoms with Crippen molar-refractivity contribution in [2.24, 2.45) is 0 Å². The van der Waals surface area contributed by atoms with Gasteiger partial charge in [0.1, 0.15) is 12.6 Å². The summed E-state index contributed by atoms with van der Waals surface area (Å²) in [6, 6.07) is 10.3. The molecular formula is C12H12N2O3. The first-order valence-corrected chi connectivity index (χ1v) is 5.06. The van der Waals surface area contributed by atoms with Crippen molar-refractivity contribution in [1.29, 1.82) is 5.26 Å². The van der Waals surface area contributed by atoms with E-state index in [-0.39, 0.29) is 12.5 Å². The largest absolute Gasteiger partial charge is 0.446 e. The third-order valence-corrected chi connectivity index (χ3v) is 1.92. The summed E-state index contributed by atoms with van der Waals surface area (Å²) in [7, 11) is 0. The molecule has 0 aliphatic carbocycles. The molecule has 0 fully saturated rings. The molecule has 0 unspecified atom stereocenters. The molecule has 0 saturated heterocycles. The number of nitriles is 1. The van der Waals surface area contributed by atoms with E-state index >= 15 is 0 Å². The van der Waals surface area contributed by atoms with E-state index < -0.39 is 12.1 Å². The highest BCUT2D eigenvalue weighted by Crippen LogP contribution is 1.97. The number of esters is 1. The Labute approximate surface area is 99.0 Å². The second-order valence-corrected chi connectivity index (χ2v) is 3.31. The van der Waals surface area contributed by atoms with Crippen molar-refractivity contribution in [2.75, 3.05) is 6.54 Å². The number of amides is 1. The average molecular weight is 232 g/mol. The van der Waals surface area contributed by atoms with Crippen LogP contribution in [0.1, 0.15) is 17.3 Å². The molecule has 0 heterocycles. The van der Waals surface area contributed by atoms with Crippen molar-refractivity contribution in [3.63, 3.8) is 0 Å². The van der Waals surface area contributed by atoms with Crippen molar-refractivity contribution in [3.8, 4) is 6.07 Å². The highest BCUT2D eigenvalue weighted by atomic mass is 16.5. The van der Waals surface area contributed by atoms with Crippen LogP contribution in [0.25, 0.3) is 0 Å². The summed E-state index contributed by atoms with van der Waals surface area (Å²) in [5, 5.41) is 10.8. The Morgan fingerprint density at radius 1 is 1.41 bits per heavy atom. The van der Waals surface area contributed by atoms with Crippen molar-refractivity contribution in [1.82, 2.24) is 5.32 Å². The Kier molecular flexibility index (Phi) is 4.70. The van der Waals surface area contributed by atoms with E-state index in [1.165, 1.54) is 6.92 Å². The summed E-state index contributed by atoms with van der Waals surface area (Å²) in [4.78, 5) is 22.7. The molecule has 5 heteroatoms. The van der Waals surface area contributed by atoms with E-state index in [1.807, 2.05) is 0 Å². The molecule has 17 heavy (non-hydrogen) atoms. The maximum Gasteiger partial charge on any atom is 0.326 e. The second kappa shape index (κ2) is 6.28. The molecule has 1 N–H and O–H groups in total. The van der Waals surface area contributed by atoms with Gasteiger partial charge >= 0.3 is 5.97 Å². The van der Waals surface area contributed by atoms with Gasteiger partial charge in [-0.1, -0.05) is 18.2 Å². The van der Waals surface area contributed by atoms with Gasteiger partial charge in [-0.05, 0) is 19.1 Å². The van der Waals surface area contributed by atoms with Crippen LogP contribution in [0.2, 0.25) is 0 Å². The molecule has 0 aromatic heterocycles. The second-order valence-electron chi connectivity index (χ2n) is 3.31. The Balaban J connectivity index is 2.39.